The standard InChI is InChI=1S/C12H24N2O2/c15-7-9-16-8-1-4-13-12-10-14-5-2-11(12)3-6-14/h11-13,15H,1-10H2. The lowest BCUT2D eigenvalue weighted by Gasteiger charge is -2.45. The van der Waals surface area contributed by atoms with Gasteiger partial charge in [-0.1, -0.05) is 0 Å². The third kappa shape index (κ3) is 3.42. The molecule has 3 aliphatic rings. The van der Waals surface area contributed by atoms with Gasteiger partial charge in [0.25, 0.3) is 0 Å². The zero-order valence-electron chi connectivity index (χ0n) is 10.0. The van der Waals surface area contributed by atoms with Crippen LogP contribution in [0.3, 0.4) is 0 Å². The van der Waals surface area contributed by atoms with Crippen LogP contribution in [0.2, 0.25) is 0 Å². The van der Waals surface area contributed by atoms with Gasteiger partial charge in [0.2, 0.25) is 0 Å². The predicted octanol–water partition coefficient (Wildman–Crippen LogP) is 0.0692. The van der Waals surface area contributed by atoms with Gasteiger partial charge in [0.1, 0.15) is 0 Å². The van der Waals surface area contributed by atoms with Crippen LogP contribution in [-0.2, 0) is 4.74 Å². The summed E-state index contributed by atoms with van der Waals surface area (Å²) in [6, 6.07) is 0.709. The van der Waals surface area contributed by atoms with E-state index in [2.05, 4.69) is 10.2 Å². The molecule has 2 bridgehead atoms. The number of piperidine rings is 3. The van der Waals surface area contributed by atoms with Gasteiger partial charge < -0.3 is 20.1 Å². The van der Waals surface area contributed by atoms with Gasteiger partial charge in [-0.2, -0.15) is 0 Å². The van der Waals surface area contributed by atoms with Gasteiger partial charge in [-0.3, -0.25) is 0 Å². The number of nitrogens with one attached hydrogen (secondary N) is 1. The molecule has 0 saturated carbocycles. The molecule has 16 heavy (non-hydrogen) atoms. The number of nitrogens with zero attached hydrogens (tertiary/aromatic N) is 1. The molecular formula is C12H24N2O2. The van der Waals surface area contributed by atoms with Gasteiger partial charge in [0, 0.05) is 19.2 Å². The van der Waals surface area contributed by atoms with Crippen molar-refractivity contribution in [1.29, 1.82) is 0 Å². The predicted molar refractivity (Wildman–Crippen MR) is 63.5 cm³/mol. The van der Waals surface area contributed by atoms with Crippen LogP contribution in [0.1, 0.15) is 19.3 Å². The summed E-state index contributed by atoms with van der Waals surface area (Å²) in [5, 5.41) is 12.2. The molecule has 4 heteroatoms. The molecule has 1 atom stereocenters. The van der Waals surface area contributed by atoms with Crippen molar-refractivity contribution in [3.8, 4) is 0 Å². The van der Waals surface area contributed by atoms with E-state index in [1.165, 1.54) is 32.5 Å². The third-order valence-electron chi connectivity index (χ3n) is 3.76. The third-order valence-corrected chi connectivity index (χ3v) is 3.76. The first kappa shape index (κ1) is 12.3. The summed E-state index contributed by atoms with van der Waals surface area (Å²) in [5.74, 6) is 0.906. The Kier molecular flexibility index (Phi) is 5.03. The van der Waals surface area contributed by atoms with Crippen molar-refractivity contribution < 1.29 is 9.84 Å². The summed E-state index contributed by atoms with van der Waals surface area (Å²) in [4.78, 5) is 2.57. The van der Waals surface area contributed by atoms with E-state index in [0.717, 1.165) is 25.5 Å². The van der Waals surface area contributed by atoms with Crippen LogP contribution in [-0.4, -0.2) is 62.0 Å². The summed E-state index contributed by atoms with van der Waals surface area (Å²) >= 11 is 0. The number of aliphatic hydroxyl groups excluding tert-OH is 1. The molecule has 3 aliphatic heterocycles. The summed E-state index contributed by atoms with van der Waals surface area (Å²) in [6.45, 7) is 6.26. The highest BCUT2D eigenvalue weighted by Gasteiger charge is 2.33. The molecule has 0 radical (unpaired) electrons. The Labute approximate surface area is 98.0 Å². The summed E-state index contributed by atoms with van der Waals surface area (Å²) in [7, 11) is 0. The van der Waals surface area contributed by atoms with Gasteiger partial charge >= 0.3 is 0 Å². The first-order chi connectivity index (χ1) is 7.90. The number of hydrogen-bond acceptors (Lipinski definition) is 4. The summed E-state index contributed by atoms with van der Waals surface area (Å²) in [5.41, 5.74) is 0. The molecule has 3 saturated heterocycles. The second-order valence-electron chi connectivity index (χ2n) is 4.89. The second-order valence-corrected chi connectivity index (χ2v) is 4.89. The molecule has 94 valence electrons. The largest absolute Gasteiger partial charge is 0.394 e. The molecule has 0 aromatic rings. The normalized spacial score (nSPS) is 33.2. The fourth-order valence-electron chi connectivity index (χ4n) is 2.82. The molecule has 0 spiro atoms. The van der Waals surface area contributed by atoms with Crippen LogP contribution >= 0.6 is 0 Å². The quantitative estimate of drug-likeness (QED) is 0.605. The van der Waals surface area contributed by atoms with E-state index in [4.69, 9.17) is 9.84 Å². The fraction of sp³-hybridized carbons (Fsp3) is 1.00. The highest BCUT2D eigenvalue weighted by atomic mass is 16.5. The first-order valence-corrected chi connectivity index (χ1v) is 6.54. The minimum absolute atomic E-state index is 0.132. The Morgan fingerprint density at radius 3 is 2.69 bits per heavy atom. The Morgan fingerprint density at radius 1 is 1.25 bits per heavy atom. The second kappa shape index (κ2) is 6.55. The van der Waals surface area contributed by atoms with E-state index in [1.807, 2.05) is 0 Å². The zero-order chi connectivity index (χ0) is 11.2. The minimum atomic E-state index is 0.132. The topological polar surface area (TPSA) is 44.7 Å². The molecule has 4 nitrogen and oxygen atoms in total. The molecule has 3 heterocycles. The Balaban J connectivity index is 1.53. The van der Waals surface area contributed by atoms with Crippen LogP contribution in [0.4, 0.5) is 0 Å². The summed E-state index contributed by atoms with van der Waals surface area (Å²) in [6.07, 6.45) is 3.79. The van der Waals surface area contributed by atoms with Crippen molar-refractivity contribution in [2.24, 2.45) is 5.92 Å². The average Bonchev–Trinajstić information content (AvgIpc) is 2.35. The monoisotopic (exact) mass is 228 g/mol. The number of aliphatic hydroxyl groups is 1. The average molecular weight is 228 g/mol. The van der Waals surface area contributed by atoms with Crippen molar-refractivity contribution >= 4 is 0 Å². The van der Waals surface area contributed by atoms with Crippen molar-refractivity contribution in [3.63, 3.8) is 0 Å². The van der Waals surface area contributed by atoms with Gasteiger partial charge in [-0.25, -0.2) is 0 Å². The Bertz CT molecular complexity index is 193. The molecule has 1 unspecified atom stereocenters. The van der Waals surface area contributed by atoms with E-state index >= 15 is 0 Å². The van der Waals surface area contributed by atoms with Crippen LogP contribution in [0.5, 0.6) is 0 Å². The fourth-order valence-corrected chi connectivity index (χ4v) is 2.82. The van der Waals surface area contributed by atoms with E-state index in [9.17, 15) is 0 Å². The first-order valence-electron chi connectivity index (χ1n) is 6.54. The van der Waals surface area contributed by atoms with Gasteiger partial charge in [-0.15, -0.1) is 0 Å². The molecule has 2 N–H and O–H groups in total. The number of hydrogen-bond donors (Lipinski definition) is 2. The van der Waals surface area contributed by atoms with Crippen molar-refractivity contribution in [2.45, 2.75) is 25.3 Å². The van der Waals surface area contributed by atoms with Crippen molar-refractivity contribution in [2.75, 3.05) is 46.0 Å². The molecule has 0 aromatic carbocycles. The molecular weight excluding hydrogens is 204 g/mol. The maximum Gasteiger partial charge on any atom is 0.0697 e. The van der Waals surface area contributed by atoms with Gasteiger partial charge in [0.05, 0.1) is 13.2 Å². The highest BCUT2D eigenvalue weighted by molar-refractivity contribution is 4.90. The van der Waals surface area contributed by atoms with E-state index in [0.29, 0.717) is 12.6 Å². The van der Waals surface area contributed by atoms with Crippen LogP contribution in [0.15, 0.2) is 0 Å². The SMILES string of the molecule is OCCOCCCNC1CN2CCC1CC2. The maximum absolute atomic E-state index is 8.55. The zero-order valence-corrected chi connectivity index (χ0v) is 10.0. The lowest BCUT2D eigenvalue weighted by atomic mass is 9.84. The number of fused-ring (bicyclic) bond motifs is 3. The number of rotatable bonds is 7. The smallest absolute Gasteiger partial charge is 0.0697 e. The molecule has 0 aromatic heterocycles. The van der Waals surface area contributed by atoms with E-state index in [1.54, 1.807) is 0 Å². The molecule has 3 fully saturated rings. The summed E-state index contributed by atoms with van der Waals surface area (Å²) < 4.78 is 5.23. The molecule has 0 aliphatic carbocycles. The maximum atomic E-state index is 8.55. The van der Waals surface area contributed by atoms with E-state index in [-0.39, 0.29) is 6.61 Å². The Morgan fingerprint density at radius 2 is 2.06 bits per heavy atom. The lowest BCUT2D eigenvalue weighted by Crippen LogP contribution is -2.56. The van der Waals surface area contributed by atoms with E-state index < -0.39 is 0 Å². The van der Waals surface area contributed by atoms with Crippen LogP contribution in [0.25, 0.3) is 0 Å². The molecule has 3 rings (SSSR count). The Hall–Kier alpha value is -0.160. The lowest BCUT2D eigenvalue weighted by molar-refractivity contribution is 0.0671. The van der Waals surface area contributed by atoms with Crippen molar-refractivity contribution in [1.82, 2.24) is 10.2 Å². The van der Waals surface area contributed by atoms with Crippen LogP contribution in [0, 0.1) is 5.92 Å². The van der Waals surface area contributed by atoms with Crippen LogP contribution < -0.4 is 5.32 Å². The molecule has 0 amide bonds. The highest BCUT2D eigenvalue weighted by Crippen LogP contribution is 2.27. The van der Waals surface area contributed by atoms with Crippen molar-refractivity contribution in [3.05, 3.63) is 0 Å². The minimum Gasteiger partial charge on any atom is -0.394 e. The number of ether oxygens (including phenoxy) is 1. The van der Waals surface area contributed by atoms with Gasteiger partial charge in [-0.05, 0) is 44.8 Å². The van der Waals surface area contributed by atoms with Gasteiger partial charge in [0.15, 0.2) is 0 Å².